The van der Waals surface area contributed by atoms with Gasteiger partial charge in [-0.3, -0.25) is 0 Å². The number of rotatable bonds is 8. The van der Waals surface area contributed by atoms with E-state index >= 15 is 0 Å². The fourth-order valence-corrected chi connectivity index (χ4v) is 8.12. The summed E-state index contributed by atoms with van der Waals surface area (Å²) in [6.07, 6.45) is 2.07. The van der Waals surface area contributed by atoms with E-state index in [0.29, 0.717) is 13.2 Å². The van der Waals surface area contributed by atoms with E-state index in [0.717, 1.165) is 5.69 Å². The molecule has 0 radical (unpaired) electrons. The average Bonchev–Trinajstić information content (AvgIpc) is 2.46. The SMILES string of the molecule is CCOP(=Nc1ccccc1)(OCC)SC(SC)=C(C)C. The molecule has 1 rings (SSSR count). The van der Waals surface area contributed by atoms with Gasteiger partial charge in [0.2, 0.25) is 0 Å². The molecule has 1 aromatic carbocycles. The maximum Gasteiger partial charge on any atom is 0.282 e. The maximum atomic E-state index is 5.99. The number of allylic oxidation sites excluding steroid dienone is 1. The molecule has 0 aliphatic carbocycles. The van der Waals surface area contributed by atoms with E-state index in [1.165, 1.54) is 9.81 Å². The van der Waals surface area contributed by atoms with Gasteiger partial charge < -0.3 is 9.05 Å². The van der Waals surface area contributed by atoms with Crippen LogP contribution in [0.5, 0.6) is 0 Å². The van der Waals surface area contributed by atoms with Crippen LogP contribution in [0.4, 0.5) is 5.69 Å². The highest BCUT2D eigenvalue weighted by atomic mass is 32.7. The molecule has 0 amide bonds. The summed E-state index contributed by atoms with van der Waals surface area (Å²) in [5, 5.41) is 0. The summed E-state index contributed by atoms with van der Waals surface area (Å²) in [5.74, 6) is 0. The second kappa shape index (κ2) is 9.75. The molecule has 0 aromatic heterocycles. The van der Waals surface area contributed by atoms with Crippen molar-refractivity contribution in [2.24, 2.45) is 4.74 Å². The Hall–Kier alpha value is -0.190. The first kappa shape index (κ1) is 18.9. The highest BCUT2D eigenvalue weighted by Gasteiger charge is 2.25. The van der Waals surface area contributed by atoms with E-state index in [1.54, 1.807) is 23.1 Å². The van der Waals surface area contributed by atoms with Crippen molar-refractivity contribution >= 4 is 35.5 Å². The third kappa shape index (κ3) is 6.21. The van der Waals surface area contributed by atoms with Crippen LogP contribution >= 0.6 is 29.9 Å². The van der Waals surface area contributed by atoms with Crippen molar-refractivity contribution in [3.05, 3.63) is 40.1 Å². The van der Waals surface area contributed by atoms with Crippen LogP contribution in [-0.4, -0.2) is 19.5 Å². The molecule has 6 heteroatoms. The van der Waals surface area contributed by atoms with Crippen LogP contribution in [0.3, 0.4) is 0 Å². The van der Waals surface area contributed by atoms with Crippen molar-refractivity contribution in [2.75, 3.05) is 19.5 Å². The number of hydrogen-bond acceptors (Lipinski definition) is 5. The van der Waals surface area contributed by atoms with Gasteiger partial charge in [0.25, 0.3) is 6.71 Å². The molecule has 21 heavy (non-hydrogen) atoms. The number of benzene rings is 1. The van der Waals surface area contributed by atoms with Gasteiger partial charge in [0.1, 0.15) is 0 Å². The van der Waals surface area contributed by atoms with Crippen LogP contribution in [-0.2, 0) is 9.05 Å². The maximum absolute atomic E-state index is 5.99. The van der Waals surface area contributed by atoms with Crippen molar-refractivity contribution in [2.45, 2.75) is 27.7 Å². The minimum atomic E-state index is -2.38. The Labute approximate surface area is 136 Å². The minimum absolute atomic E-state index is 0.585. The first-order chi connectivity index (χ1) is 10.1. The zero-order valence-electron chi connectivity index (χ0n) is 13.3. The summed E-state index contributed by atoms with van der Waals surface area (Å²) in [4.78, 5) is 0. The summed E-state index contributed by atoms with van der Waals surface area (Å²) in [7, 11) is 0. The fourth-order valence-electron chi connectivity index (χ4n) is 1.57. The van der Waals surface area contributed by atoms with Gasteiger partial charge >= 0.3 is 0 Å². The summed E-state index contributed by atoms with van der Waals surface area (Å²) in [6, 6.07) is 9.90. The molecule has 3 nitrogen and oxygen atoms in total. The normalized spacial score (nSPS) is 11.3. The number of thioether (sulfide) groups is 1. The lowest BCUT2D eigenvalue weighted by molar-refractivity contribution is 0.273. The molecule has 0 saturated carbocycles. The van der Waals surface area contributed by atoms with Gasteiger partial charge in [0.05, 0.1) is 18.9 Å². The first-order valence-corrected chi connectivity index (χ1v) is 11.2. The Morgan fingerprint density at radius 2 is 1.67 bits per heavy atom. The molecular formula is C15H24NO2PS2. The van der Waals surface area contributed by atoms with Gasteiger partial charge in [0, 0.05) is 4.24 Å². The number of nitrogens with zero attached hydrogens (tertiary/aromatic N) is 1. The zero-order valence-corrected chi connectivity index (χ0v) is 15.9. The van der Waals surface area contributed by atoms with Crippen LogP contribution < -0.4 is 0 Å². The van der Waals surface area contributed by atoms with Crippen molar-refractivity contribution in [1.29, 1.82) is 0 Å². The molecule has 0 aliphatic heterocycles. The minimum Gasteiger partial charge on any atom is -0.316 e. The zero-order chi connectivity index (χ0) is 15.7. The number of hydrogen-bond donors (Lipinski definition) is 0. The predicted octanol–water partition coefficient (Wildman–Crippen LogP) is 6.68. The molecule has 0 unspecified atom stereocenters. The predicted molar refractivity (Wildman–Crippen MR) is 98.2 cm³/mol. The van der Waals surface area contributed by atoms with Crippen molar-refractivity contribution in [1.82, 2.24) is 0 Å². The molecule has 0 bridgehead atoms. The lowest BCUT2D eigenvalue weighted by Gasteiger charge is -2.23. The summed E-state index contributed by atoms with van der Waals surface area (Å²) in [6.45, 7) is 6.96. The smallest absolute Gasteiger partial charge is 0.282 e. The Morgan fingerprint density at radius 1 is 1.10 bits per heavy atom. The fraction of sp³-hybridized carbons (Fsp3) is 0.467. The van der Waals surface area contributed by atoms with Gasteiger partial charge in [-0.15, -0.1) is 11.8 Å². The quantitative estimate of drug-likeness (QED) is 0.491. The van der Waals surface area contributed by atoms with Crippen molar-refractivity contribution in [3.63, 3.8) is 0 Å². The molecule has 0 saturated heterocycles. The van der Waals surface area contributed by atoms with E-state index < -0.39 is 6.71 Å². The van der Waals surface area contributed by atoms with Crippen LogP contribution in [0, 0.1) is 0 Å². The van der Waals surface area contributed by atoms with Gasteiger partial charge in [-0.1, -0.05) is 23.8 Å². The lowest BCUT2D eigenvalue weighted by Crippen LogP contribution is -1.93. The Balaban J connectivity index is 3.27. The van der Waals surface area contributed by atoms with Gasteiger partial charge in [0.15, 0.2) is 0 Å². The molecule has 0 atom stereocenters. The third-order valence-electron chi connectivity index (χ3n) is 2.37. The second-order valence-corrected chi connectivity index (χ2v) is 9.57. The van der Waals surface area contributed by atoms with Crippen molar-refractivity contribution in [3.8, 4) is 0 Å². The topological polar surface area (TPSA) is 30.8 Å². The van der Waals surface area contributed by atoms with E-state index in [-0.39, 0.29) is 0 Å². The Morgan fingerprint density at radius 3 is 2.10 bits per heavy atom. The molecule has 118 valence electrons. The Bertz CT molecular complexity index is 504. The van der Waals surface area contributed by atoms with Crippen LogP contribution in [0.2, 0.25) is 0 Å². The molecule has 0 aliphatic rings. The van der Waals surface area contributed by atoms with Crippen LogP contribution in [0.25, 0.3) is 0 Å². The van der Waals surface area contributed by atoms with Gasteiger partial charge in [-0.05, 0) is 57.5 Å². The molecular weight excluding hydrogens is 321 g/mol. The summed E-state index contributed by atoms with van der Waals surface area (Å²) >= 11 is 3.35. The monoisotopic (exact) mass is 345 g/mol. The molecule has 0 heterocycles. The highest BCUT2D eigenvalue weighted by Crippen LogP contribution is 2.69. The third-order valence-corrected chi connectivity index (χ3v) is 8.84. The van der Waals surface area contributed by atoms with Gasteiger partial charge in [-0.2, -0.15) is 0 Å². The summed E-state index contributed by atoms with van der Waals surface area (Å²) < 4.78 is 18.0. The van der Waals surface area contributed by atoms with Crippen LogP contribution in [0.1, 0.15) is 27.7 Å². The lowest BCUT2D eigenvalue weighted by atomic mass is 10.3. The highest BCUT2D eigenvalue weighted by molar-refractivity contribution is 8.61. The van der Waals surface area contributed by atoms with E-state index in [2.05, 4.69) is 20.1 Å². The summed E-state index contributed by atoms with van der Waals surface area (Å²) in [5.41, 5.74) is 2.16. The molecule has 0 fully saturated rings. The molecule has 0 spiro atoms. The largest absolute Gasteiger partial charge is 0.316 e. The Kier molecular flexibility index (Phi) is 8.76. The first-order valence-electron chi connectivity index (χ1n) is 6.94. The van der Waals surface area contributed by atoms with E-state index in [4.69, 9.17) is 13.8 Å². The standard InChI is InChI=1S/C15H24NO2PS2/c1-6-17-19(18-7-2,21-15(20-5)13(3)4)16-14-11-9-8-10-12-14/h8-12H,6-7H2,1-5H3. The molecule has 1 aromatic rings. The van der Waals surface area contributed by atoms with Crippen LogP contribution in [0.15, 0.2) is 44.9 Å². The van der Waals surface area contributed by atoms with E-state index in [1.807, 2.05) is 44.2 Å². The van der Waals surface area contributed by atoms with Gasteiger partial charge in [-0.25, -0.2) is 4.74 Å². The molecule has 0 N–H and O–H groups in total. The van der Waals surface area contributed by atoms with E-state index in [9.17, 15) is 0 Å². The van der Waals surface area contributed by atoms with Crippen molar-refractivity contribution < 1.29 is 9.05 Å². The second-order valence-electron chi connectivity index (χ2n) is 4.32. The average molecular weight is 345 g/mol.